The predicted octanol–water partition coefficient (Wildman–Crippen LogP) is 5.20. The number of carbonyl (C=O) groups excluding carboxylic acids is 4. The number of likely N-dealkylation sites (tertiary alicyclic amines) is 1. The SMILES string of the molecule is C=CCCC(=O)OC[C@@H](NC(=O)[C@@H]1[C@@H]2CC[C@]3(O2)[C@H](C(=O)N(CC=C)c2ccccc2Cl)N([C@@H](CO)Cc2ccccc2)C(=O)[C@@H]13)c1ccccc1. The molecule has 0 aliphatic carbocycles. The molecule has 11 heteroatoms. The molecule has 3 fully saturated rings. The van der Waals surface area contributed by atoms with Crippen molar-refractivity contribution in [3.8, 4) is 0 Å². The smallest absolute Gasteiger partial charge is 0.306 e. The van der Waals surface area contributed by atoms with Crippen LogP contribution in [0.25, 0.3) is 0 Å². The number of aliphatic hydroxyl groups is 1. The summed E-state index contributed by atoms with van der Waals surface area (Å²) in [4.78, 5) is 59.8. The van der Waals surface area contributed by atoms with E-state index < -0.39 is 72.0 Å². The van der Waals surface area contributed by atoms with Gasteiger partial charge in [0.05, 0.1) is 47.3 Å². The van der Waals surface area contributed by atoms with Crippen LogP contribution in [-0.4, -0.2) is 77.2 Å². The zero-order valence-electron chi connectivity index (χ0n) is 28.9. The monoisotopic (exact) mass is 725 g/mol. The lowest BCUT2D eigenvalue weighted by Crippen LogP contribution is -2.59. The van der Waals surface area contributed by atoms with Gasteiger partial charge in [-0.3, -0.25) is 19.2 Å². The van der Waals surface area contributed by atoms with Gasteiger partial charge in [0.15, 0.2) is 0 Å². The zero-order valence-corrected chi connectivity index (χ0v) is 29.7. The average Bonchev–Trinajstić information content (AvgIpc) is 3.82. The molecule has 0 saturated carbocycles. The minimum Gasteiger partial charge on any atom is -0.463 e. The lowest BCUT2D eigenvalue weighted by atomic mass is 9.70. The number of rotatable bonds is 16. The third-order valence-corrected chi connectivity index (χ3v) is 10.7. The van der Waals surface area contributed by atoms with Crippen molar-refractivity contribution in [1.29, 1.82) is 0 Å². The van der Waals surface area contributed by atoms with Gasteiger partial charge in [0, 0.05) is 13.0 Å². The van der Waals surface area contributed by atoms with E-state index in [4.69, 9.17) is 21.1 Å². The summed E-state index contributed by atoms with van der Waals surface area (Å²) in [6.45, 7) is 7.08. The predicted molar refractivity (Wildman–Crippen MR) is 197 cm³/mol. The Balaban J connectivity index is 1.36. The zero-order chi connectivity index (χ0) is 36.8. The van der Waals surface area contributed by atoms with Crippen molar-refractivity contribution in [2.24, 2.45) is 11.8 Å². The second-order valence-electron chi connectivity index (χ2n) is 13.5. The summed E-state index contributed by atoms with van der Waals surface area (Å²) in [6.07, 6.45) is 4.29. The van der Waals surface area contributed by atoms with Crippen molar-refractivity contribution >= 4 is 41.0 Å². The Labute approximate surface area is 309 Å². The van der Waals surface area contributed by atoms with E-state index in [0.29, 0.717) is 30.0 Å². The van der Waals surface area contributed by atoms with E-state index in [1.165, 1.54) is 9.80 Å². The maximum Gasteiger partial charge on any atom is 0.306 e. The number of fused-ring (bicyclic) bond motifs is 1. The number of hydrogen-bond donors (Lipinski definition) is 2. The third-order valence-electron chi connectivity index (χ3n) is 10.4. The number of nitrogens with zero attached hydrogens (tertiary/aromatic N) is 2. The Bertz CT molecular complexity index is 1790. The van der Waals surface area contributed by atoms with Crippen LogP contribution in [0.2, 0.25) is 5.02 Å². The number of amides is 3. The van der Waals surface area contributed by atoms with Crippen molar-refractivity contribution in [2.45, 2.75) is 61.9 Å². The molecule has 3 heterocycles. The van der Waals surface area contributed by atoms with Crippen molar-refractivity contribution in [2.75, 3.05) is 24.7 Å². The maximum atomic E-state index is 15.0. The van der Waals surface area contributed by atoms with Gasteiger partial charge in [-0.05, 0) is 48.9 Å². The summed E-state index contributed by atoms with van der Waals surface area (Å²) in [5.74, 6) is -3.67. The van der Waals surface area contributed by atoms with Crippen LogP contribution in [0.15, 0.2) is 110 Å². The first-order valence-corrected chi connectivity index (χ1v) is 18.0. The summed E-state index contributed by atoms with van der Waals surface area (Å²) in [6, 6.07) is 22.9. The minimum absolute atomic E-state index is 0.0991. The van der Waals surface area contributed by atoms with Crippen molar-refractivity contribution in [3.05, 3.63) is 126 Å². The normalized spacial score (nSPS) is 24.1. The summed E-state index contributed by atoms with van der Waals surface area (Å²) in [5.41, 5.74) is 0.698. The number of ether oxygens (including phenoxy) is 2. The molecule has 6 rings (SSSR count). The van der Waals surface area contributed by atoms with Gasteiger partial charge in [-0.2, -0.15) is 0 Å². The summed E-state index contributed by atoms with van der Waals surface area (Å²) < 4.78 is 12.3. The van der Waals surface area contributed by atoms with E-state index >= 15 is 4.79 Å². The van der Waals surface area contributed by atoms with Crippen LogP contribution < -0.4 is 10.2 Å². The molecule has 52 heavy (non-hydrogen) atoms. The van der Waals surface area contributed by atoms with Gasteiger partial charge in [0.1, 0.15) is 18.2 Å². The number of para-hydroxylation sites is 1. The van der Waals surface area contributed by atoms with Gasteiger partial charge >= 0.3 is 5.97 Å². The molecule has 0 radical (unpaired) electrons. The lowest BCUT2D eigenvalue weighted by Gasteiger charge is -2.39. The third kappa shape index (κ3) is 7.15. The molecule has 1 spiro atoms. The fourth-order valence-corrected chi connectivity index (χ4v) is 8.34. The second-order valence-corrected chi connectivity index (χ2v) is 13.9. The van der Waals surface area contributed by atoms with Crippen LogP contribution >= 0.6 is 11.6 Å². The number of allylic oxidation sites excluding steroid dienone is 1. The highest BCUT2D eigenvalue weighted by atomic mass is 35.5. The van der Waals surface area contributed by atoms with Crippen molar-refractivity contribution < 1.29 is 33.8 Å². The van der Waals surface area contributed by atoms with Gasteiger partial charge in [-0.15, -0.1) is 13.2 Å². The quantitative estimate of drug-likeness (QED) is 0.154. The highest BCUT2D eigenvalue weighted by Gasteiger charge is 2.75. The molecule has 3 saturated heterocycles. The highest BCUT2D eigenvalue weighted by Crippen LogP contribution is 2.59. The van der Waals surface area contributed by atoms with Crippen LogP contribution in [0, 0.1) is 11.8 Å². The van der Waals surface area contributed by atoms with E-state index in [2.05, 4.69) is 18.5 Å². The van der Waals surface area contributed by atoms with Crippen molar-refractivity contribution in [1.82, 2.24) is 10.2 Å². The molecule has 3 amide bonds. The molecular weight excluding hydrogens is 682 g/mol. The fourth-order valence-electron chi connectivity index (χ4n) is 8.10. The average molecular weight is 726 g/mol. The Hall–Kier alpha value is -4.77. The molecular formula is C41H44ClN3O7. The Morgan fingerprint density at radius 2 is 1.73 bits per heavy atom. The Kier molecular flexibility index (Phi) is 11.6. The number of hydrogen-bond acceptors (Lipinski definition) is 7. The van der Waals surface area contributed by atoms with E-state index in [1.54, 1.807) is 36.4 Å². The van der Waals surface area contributed by atoms with E-state index in [-0.39, 0.29) is 26.0 Å². The number of nitrogens with one attached hydrogen (secondary N) is 1. The topological polar surface area (TPSA) is 125 Å². The molecule has 3 aromatic rings. The van der Waals surface area contributed by atoms with Crippen molar-refractivity contribution in [3.63, 3.8) is 0 Å². The van der Waals surface area contributed by atoms with Gasteiger partial charge in [0.2, 0.25) is 11.8 Å². The second kappa shape index (κ2) is 16.3. The molecule has 272 valence electrons. The van der Waals surface area contributed by atoms with E-state index in [1.807, 2.05) is 60.7 Å². The number of halogens is 1. The van der Waals surface area contributed by atoms with Crippen LogP contribution in [0.5, 0.6) is 0 Å². The number of esters is 1. The van der Waals surface area contributed by atoms with Gasteiger partial charge in [-0.1, -0.05) is 96.5 Å². The molecule has 2 N–H and O–H groups in total. The standard InChI is InChI=1S/C41H44ClN3O7/c1-3-5-20-34(47)51-26-31(28-16-10-7-11-17-28)43-38(48)35-33-21-22-41(52-33)36(35)39(49)45(29(25-46)24-27-14-8-6-9-15-27)37(41)40(50)44(23-4-2)32-19-13-12-18-30(32)42/h3-4,6-19,29,31,33,35-37,46H,1-2,5,20-26H2,(H,43,48)/t29-,31-,33+,35-,36-,37+,41-/m1/s1. The first-order chi connectivity index (χ1) is 25.2. The summed E-state index contributed by atoms with van der Waals surface area (Å²) in [7, 11) is 0. The number of carbonyl (C=O) groups is 4. The Morgan fingerprint density at radius 1 is 1.04 bits per heavy atom. The number of aliphatic hydroxyl groups excluding tert-OH is 1. The van der Waals surface area contributed by atoms with Crippen LogP contribution in [0.3, 0.4) is 0 Å². The van der Waals surface area contributed by atoms with Crippen LogP contribution in [0.1, 0.15) is 42.9 Å². The molecule has 3 aliphatic heterocycles. The lowest BCUT2D eigenvalue weighted by molar-refractivity contribution is -0.146. The number of benzene rings is 3. The van der Waals surface area contributed by atoms with Gasteiger partial charge in [0.25, 0.3) is 5.91 Å². The molecule has 10 nitrogen and oxygen atoms in total. The fraction of sp³-hybridized carbons (Fsp3) is 0.366. The molecule has 0 aromatic heterocycles. The maximum absolute atomic E-state index is 15.0. The molecule has 0 unspecified atom stereocenters. The van der Waals surface area contributed by atoms with E-state index in [9.17, 15) is 19.5 Å². The minimum atomic E-state index is -1.34. The van der Waals surface area contributed by atoms with Crippen LogP contribution in [0.4, 0.5) is 5.69 Å². The largest absolute Gasteiger partial charge is 0.463 e. The molecule has 3 aromatic carbocycles. The first kappa shape index (κ1) is 37.0. The van der Waals surface area contributed by atoms with Crippen LogP contribution in [-0.2, 0) is 35.1 Å². The Morgan fingerprint density at radius 3 is 2.40 bits per heavy atom. The summed E-state index contributed by atoms with van der Waals surface area (Å²) >= 11 is 6.62. The first-order valence-electron chi connectivity index (χ1n) is 17.7. The summed E-state index contributed by atoms with van der Waals surface area (Å²) in [5, 5.41) is 14.3. The number of anilines is 1. The molecule has 2 bridgehead atoms. The molecule has 7 atom stereocenters. The molecule has 3 aliphatic rings. The van der Waals surface area contributed by atoms with Gasteiger partial charge < -0.3 is 29.7 Å². The highest BCUT2D eigenvalue weighted by molar-refractivity contribution is 6.34. The van der Waals surface area contributed by atoms with E-state index in [0.717, 1.165) is 11.1 Å². The van der Waals surface area contributed by atoms with Gasteiger partial charge in [-0.25, -0.2) is 0 Å².